The number of amides is 1. The number of carbonyl (C=O) groups is 1. The number of carbonyl (C=O) groups excluding carboxylic acids is 1. The molecular weight excluding hydrogens is 277 g/mol. The predicted molar refractivity (Wildman–Crippen MR) is 71.4 cm³/mol. The summed E-state index contributed by atoms with van der Waals surface area (Å²) < 4.78 is 0. The van der Waals surface area contributed by atoms with Crippen LogP contribution in [0, 0.1) is 0 Å². The van der Waals surface area contributed by atoms with Gasteiger partial charge in [-0.3, -0.25) is 4.79 Å². The zero-order chi connectivity index (χ0) is 13.9. The SMILES string of the molecule is CC(C)(NC(=O)c1cccc(Cl)c1Cl)/C(N)=N/O. The molecule has 1 aromatic rings. The van der Waals surface area contributed by atoms with Gasteiger partial charge >= 0.3 is 0 Å². The lowest BCUT2D eigenvalue weighted by molar-refractivity contribution is 0.0931. The fraction of sp³-hybridized carbons (Fsp3) is 0.273. The number of benzene rings is 1. The van der Waals surface area contributed by atoms with Crippen molar-refractivity contribution in [2.45, 2.75) is 19.4 Å². The molecule has 4 N–H and O–H groups in total. The molecule has 0 aromatic heterocycles. The summed E-state index contributed by atoms with van der Waals surface area (Å²) >= 11 is 11.7. The molecule has 18 heavy (non-hydrogen) atoms. The lowest BCUT2D eigenvalue weighted by atomic mass is 10.0. The minimum Gasteiger partial charge on any atom is -0.409 e. The van der Waals surface area contributed by atoms with E-state index >= 15 is 0 Å². The zero-order valence-electron chi connectivity index (χ0n) is 9.87. The minimum absolute atomic E-state index is 0.117. The summed E-state index contributed by atoms with van der Waals surface area (Å²) in [5.41, 5.74) is 4.69. The highest BCUT2D eigenvalue weighted by Gasteiger charge is 2.27. The molecule has 0 aliphatic heterocycles. The zero-order valence-corrected chi connectivity index (χ0v) is 11.4. The second-order valence-electron chi connectivity index (χ2n) is 4.17. The highest BCUT2D eigenvalue weighted by molar-refractivity contribution is 6.43. The van der Waals surface area contributed by atoms with Gasteiger partial charge in [0, 0.05) is 0 Å². The van der Waals surface area contributed by atoms with Gasteiger partial charge in [-0.25, -0.2) is 0 Å². The Balaban J connectivity index is 3.00. The molecule has 0 bridgehead atoms. The molecule has 0 unspecified atom stereocenters. The third-order valence-corrected chi connectivity index (χ3v) is 3.19. The number of nitrogens with zero attached hydrogens (tertiary/aromatic N) is 1. The van der Waals surface area contributed by atoms with Crippen LogP contribution in [0.4, 0.5) is 0 Å². The van der Waals surface area contributed by atoms with Crippen LogP contribution in [0.3, 0.4) is 0 Å². The summed E-state index contributed by atoms with van der Waals surface area (Å²) in [5, 5.41) is 14.5. The number of amidine groups is 1. The van der Waals surface area contributed by atoms with Crippen molar-refractivity contribution in [2.75, 3.05) is 0 Å². The molecule has 0 atom stereocenters. The van der Waals surface area contributed by atoms with Crippen LogP contribution in [0.1, 0.15) is 24.2 Å². The Kier molecular flexibility index (Phi) is 4.43. The van der Waals surface area contributed by atoms with E-state index in [1.165, 1.54) is 6.07 Å². The summed E-state index contributed by atoms with van der Waals surface area (Å²) in [4.78, 5) is 12.0. The van der Waals surface area contributed by atoms with Crippen molar-refractivity contribution in [3.63, 3.8) is 0 Å². The van der Waals surface area contributed by atoms with Gasteiger partial charge in [-0.15, -0.1) is 0 Å². The topological polar surface area (TPSA) is 87.7 Å². The number of nitrogens with one attached hydrogen (secondary N) is 1. The molecule has 0 radical (unpaired) electrons. The molecule has 0 aliphatic rings. The van der Waals surface area contributed by atoms with Gasteiger partial charge in [-0.2, -0.15) is 0 Å². The van der Waals surface area contributed by atoms with Crippen LogP contribution in [0.15, 0.2) is 23.4 Å². The van der Waals surface area contributed by atoms with Crippen molar-refractivity contribution in [1.82, 2.24) is 5.32 Å². The van der Waals surface area contributed by atoms with E-state index < -0.39 is 11.4 Å². The molecule has 0 spiro atoms. The average molecular weight is 290 g/mol. The van der Waals surface area contributed by atoms with Gasteiger partial charge in [0.05, 0.1) is 21.1 Å². The van der Waals surface area contributed by atoms with Crippen LogP contribution in [0.25, 0.3) is 0 Å². The molecule has 98 valence electrons. The van der Waals surface area contributed by atoms with E-state index in [9.17, 15) is 4.79 Å². The molecule has 0 fully saturated rings. The third-order valence-electron chi connectivity index (χ3n) is 2.37. The monoisotopic (exact) mass is 289 g/mol. The number of rotatable bonds is 3. The first-order valence-corrected chi connectivity index (χ1v) is 5.79. The molecule has 1 aromatic carbocycles. The van der Waals surface area contributed by atoms with E-state index in [1.807, 2.05) is 0 Å². The molecule has 7 heteroatoms. The Morgan fingerprint density at radius 2 is 2.06 bits per heavy atom. The first kappa shape index (κ1) is 14.6. The fourth-order valence-corrected chi connectivity index (χ4v) is 1.61. The second-order valence-corrected chi connectivity index (χ2v) is 4.95. The first-order valence-electron chi connectivity index (χ1n) is 5.04. The quantitative estimate of drug-likeness (QED) is 0.345. The smallest absolute Gasteiger partial charge is 0.253 e. The lowest BCUT2D eigenvalue weighted by Crippen LogP contribution is -2.53. The largest absolute Gasteiger partial charge is 0.409 e. The van der Waals surface area contributed by atoms with Gasteiger partial charge in [-0.05, 0) is 26.0 Å². The summed E-state index contributed by atoms with van der Waals surface area (Å²) in [6.07, 6.45) is 0. The number of nitrogens with two attached hydrogens (primary N) is 1. The summed E-state index contributed by atoms with van der Waals surface area (Å²) in [5.74, 6) is -0.576. The molecule has 0 saturated heterocycles. The molecule has 1 rings (SSSR count). The Hall–Kier alpha value is -1.46. The van der Waals surface area contributed by atoms with Crippen LogP contribution >= 0.6 is 23.2 Å². The van der Waals surface area contributed by atoms with Crippen molar-refractivity contribution in [3.05, 3.63) is 33.8 Å². The van der Waals surface area contributed by atoms with Crippen molar-refractivity contribution in [1.29, 1.82) is 0 Å². The van der Waals surface area contributed by atoms with Crippen molar-refractivity contribution in [3.8, 4) is 0 Å². The van der Waals surface area contributed by atoms with Crippen LogP contribution < -0.4 is 11.1 Å². The normalized spacial score (nSPS) is 12.3. The van der Waals surface area contributed by atoms with Crippen LogP contribution in [-0.2, 0) is 0 Å². The summed E-state index contributed by atoms with van der Waals surface area (Å²) in [7, 11) is 0. The molecule has 0 heterocycles. The number of halogens is 2. The Morgan fingerprint density at radius 3 is 2.61 bits per heavy atom. The van der Waals surface area contributed by atoms with E-state index in [1.54, 1.807) is 26.0 Å². The molecule has 0 saturated carbocycles. The Bertz CT molecular complexity index is 501. The van der Waals surface area contributed by atoms with Crippen molar-refractivity contribution in [2.24, 2.45) is 10.9 Å². The van der Waals surface area contributed by atoms with Crippen LogP contribution in [0.2, 0.25) is 10.0 Å². The van der Waals surface area contributed by atoms with E-state index in [-0.39, 0.29) is 21.4 Å². The molecule has 0 aliphatic carbocycles. The van der Waals surface area contributed by atoms with Gasteiger partial charge in [0.1, 0.15) is 0 Å². The lowest BCUT2D eigenvalue weighted by Gasteiger charge is -2.24. The predicted octanol–water partition coefficient (Wildman–Crippen LogP) is 2.25. The standard InChI is InChI=1S/C11H13Cl2N3O2/c1-11(2,10(14)16-18)15-9(17)6-4-3-5-7(12)8(6)13/h3-5,18H,1-2H3,(H2,14,16)(H,15,17). The fourth-order valence-electron chi connectivity index (χ4n) is 1.22. The van der Waals surface area contributed by atoms with Crippen LogP contribution in [-0.4, -0.2) is 22.5 Å². The first-order chi connectivity index (χ1) is 8.29. The van der Waals surface area contributed by atoms with Gasteiger partial charge in [0.15, 0.2) is 5.84 Å². The number of hydrogen-bond acceptors (Lipinski definition) is 3. The van der Waals surface area contributed by atoms with Gasteiger partial charge in [0.25, 0.3) is 5.91 Å². The second kappa shape index (κ2) is 5.46. The van der Waals surface area contributed by atoms with Crippen LogP contribution in [0.5, 0.6) is 0 Å². The van der Waals surface area contributed by atoms with E-state index in [0.717, 1.165) is 0 Å². The van der Waals surface area contributed by atoms with E-state index in [4.69, 9.17) is 34.1 Å². The van der Waals surface area contributed by atoms with E-state index in [2.05, 4.69) is 10.5 Å². The highest BCUT2D eigenvalue weighted by atomic mass is 35.5. The van der Waals surface area contributed by atoms with Gasteiger partial charge in [0.2, 0.25) is 0 Å². The maximum atomic E-state index is 12.0. The van der Waals surface area contributed by atoms with Crippen molar-refractivity contribution >= 4 is 34.9 Å². The minimum atomic E-state index is -1.00. The molecule has 5 nitrogen and oxygen atoms in total. The van der Waals surface area contributed by atoms with E-state index in [0.29, 0.717) is 0 Å². The maximum Gasteiger partial charge on any atom is 0.253 e. The molecule has 1 amide bonds. The number of hydrogen-bond donors (Lipinski definition) is 3. The molecular formula is C11H13Cl2N3O2. The average Bonchev–Trinajstić information content (AvgIpc) is 2.30. The van der Waals surface area contributed by atoms with Crippen molar-refractivity contribution < 1.29 is 10.0 Å². The number of oxime groups is 1. The highest BCUT2D eigenvalue weighted by Crippen LogP contribution is 2.25. The maximum absolute atomic E-state index is 12.0. The Morgan fingerprint density at radius 1 is 1.44 bits per heavy atom. The van der Waals surface area contributed by atoms with Gasteiger partial charge < -0.3 is 16.3 Å². The summed E-state index contributed by atoms with van der Waals surface area (Å²) in [6, 6.07) is 4.72. The van der Waals surface area contributed by atoms with Gasteiger partial charge in [-0.1, -0.05) is 34.4 Å². The Labute approximate surface area is 115 Å². The third kappa shape index (κ3) is 3.05. The summed E-state index contributed by atoms with van der Waals surface area (Å²) in [6.45, 7) is 3.19.